The van der Waals surface area contributed by atoms with Crippen LogP contribution in [0.15, 0.2) is 48.8 Å². The predicted octanol–water partition coefficient (Wildman–Crippen LogP) is 1.23. The Hall–Kier alpha value is -2.22. The number of halogens is 1. The normalized spacial score (nSPS) is 19.7. The highest BCUT2D eigenvalue weighted by Gasteiger charge is 2.29. The molecule has 6 nitrogen and oxygen atoms in total. The third kappa shape index (κ3) is 4.41. The Morgan fingerprint density at radius 3 is 2.88 bits per heavy atom. The highest BCUT2D eigenvalue weighted by Crippen LogP contribution is 2.17. The van der Waals surface area contributed by atoms with E-state index >= 15 is 0 Å². The lowest BCUT2D eigenvalue weighted by Gasteiger charge is -2.38. The number of aromatic nitrogens is 1. The fourth-order valence-electron chi connectivity index (χ4n) is 2.55. The molecule has 1 aromatic heterocycles. The van der Waals surface area contributed by atoms with Crippen LogP contribution >= 0.6 is 0 Å². The summed E-state index contributed by atoms with van der Waals surface area (Å²) >= 11 is 0. The molecule has 1 aliphatic rings. The quantitative estimate of drug-likeness (QED) is 0.775. The number of hydrogen-bond acceptors (Lipinski definition) is 6. The molecule has 1 saturated heterocycles. The van der Waals surface area contributed by atoms with Crippen LogP contribution in [-0.4, -0.2) is 53.7 Å². The number of benzene rings is 1. The summed E-state index contributed by atoms with van der Waals surface area (Å²) in [6.45, 7) is 2.42. The minimum absolute atomic E-state index is 0.0607. The third-order valence-corrected chi connectivity index (χ3v) is 3.81. The van der Waals surface area contributed by atoms with Crippen LogP contribution in [-0.2, 0) is 0 Å². The first-order valence-electron chi connectivity index (χ1n) is 7.82. The monoisotopic (exact) mass is 333 g/mol. The molecule has 0 aliphatic carbocycles. The summed E-state index contributed by atoms with van der Waals surface area (Å²) < 4.78 is 24.2. The van der Waals surface area contributed by atoms with Crippen molar-refractivity contribution in [2.45, 2.75) is 12.5 Å². The van der Waals surface area contributed by atoms with Crippen LogP contribution in [0.4, 0.5) is 4.39 Å². The summed E-state index contributed by atoms with van der Waals surface area (Å²) in [7, 11) is 0. The highest BCUT2D eigenvalue weighted by molar-refractivity contribution is 5.22. The molecular formula is C17H20FN3O3. The maximum absolute atomic E-state index is 12.9. The van der Waals surface area contributed by atoms with Gasteiger partial charge in [-0.25, -0.2) is 9.29 Å². The fraction of sp³-hybridized carbons (Fsp3) is 0.353. The maximum atomic E-state index is 12.9. The molecule has 3 rings (SSSR count). The van der Waals surface area contributed by atoms with Gasteiger partial charge in [-0.15, -0.1) is 0 Å². The first-order chi connectivity index (χ1) is 11.7. The molecule has 2 atom stereocenters. The minimum Gasteiger partial charge on any atom is -0.490 e. The average molecular weight is 333 g/mol. The van der Waals surface area contributed by atoms with Gasteiger partial charge >= 0.3 is 0 Å². The number of aliphatic hydroxyl groups excluding tert-OH is 1. The lowest BCUT2D eigenvalue weighted by molar-refractivity contribution is -0.160. The van der Waals surface area contributed by atoms with Gasteiger partial charge in [-0.3, -0.25) is 4.98 Å². The standard InChI is InChI=1S/C17H20FN3O3/c18-13-3-5-15(6-4-13)24-17(22)21-9-8-20-10-14(21)12-23-16-2-1-7-19-11-16/h1-7,11,14,17,20,22H,8-10,12H2. The third-order valence-electron chi connectivity index (χ3n) is 3.81. The summed E-state index contributed by atoms with van der Waals surface area (Å²) in [5.74, 6) is 0.744. The Labute approximate surface area is 139 Å². The Balaban J connectivity index is 1.59. The number of ether oxygens (including phenoxy) is 2. The zero-order valence-electron chi connectivity index (χ0n) is 13.1. The second-order valence-electron chi connectivity index (χ2n) is 5.49. The van der Waals surface area contributed by atoms with E-state index < -0.39 is 6.41 Å². The summed E-state index contributed by atoms with van der Waals surface area (Å²) in [4.78, 5) is 5.82. The molecule has 2 aromatic rings. The molecule has 24 heavy (non-hydrogen) atoms. The van der Waals surface area contributed by atoms with E-state index in [1.165, 1.54) is 24.3 Å². The Kier molecular flexibility index (Phi) is 5.58. The van der Waals surface area contributed by atoms with E-state index in [1.54, 1.807) is 18.5 Å². The molecule has 2 unspecified atom stereocenters. The van der Waals surface area contributed by atoms with Crippen molar-refractivity contribution in [1.29, 1.82) is 0 Å². The van der Waals surface area contributed by atoms with Gasteiger partial charge in [0.25, 0.3) is 6.41 Å². The second-order valence-corrected chi connectivity index (χ2v) is 5.49. The van der Waals surface area contributed by atoms with Gasteiger partial charge in [0, 0.05) is 25.8 Å². The van der Waals surface area contributed by atoms with Crippen LogP contribution in [0.5, 0.6) is 11.5 Å². The molecule has 1 aromatic carbocycles. The van der Waals surface area contributed by atoms with Gasteiger partial charge in [0.05, 0.1) is 12.2 Å². The molecule has 0 saturated carbocycles. The van der Waals surface area contributed by atoms with E-state index in [9.17, 15) is 9.50 Å². The van der Waals surface area contributed by atoms with Crippen molar-refractivity contribution in [3.8, 4) is 11.5 Å². The number of rotatable bonds is 6. The number of nitrogens with one attached hydrogen (secondary N) is 1. The van der Waals surface area contributed by atoms with Crippen molar-refractivity contribution in [1.82, 2.24) is 15.2 Å². The molecule has 0 spiro atoms. The molecular weight excluding hydrogens is 313 g/mol. The van der Waals surface area contributed by atoms with Crippen LogP contribution in [0, 0.1) is 5.82 Å². The average Bonchev–Trinajstić information content (AvgIpc) is 2.63. The van der Waals surface area contributed by atoms with Crippen LogP contribution in [0.25, 0.3) is 0 Å². The highest BCUT2D eigenvalue weighted by atomic mass is 19.1. The topological polar surface area (TPSA) is 66.9 Å². The number of pyridine rings is 1. The summed E-state index contributed by atoms with van der Waals surface area (Å²) in [6, 6.07) is 9.14. The van der Waals surface area contributed by atoms with E-state index in [0.29, 0.717) is 31.2 Å². The van der Waals surface area contributed by atoms with Crippen LogP contribution in [0.3, 0.4) is 0 Å². The van der Waals surface area contributed by atoms with Crippen molar-refractivity contribution in [3.05, 3.63) is 54.6 Å². The molecule has 128 valence electrons. The molecule has 7 heteroatoms. The van der Waals surface area contributed by atoms with Crippen LogP contribution in [0.1, 0.15) is 0 Å². The maximum Gasteiger partial charge on any atom is 0.260 e. The zero-order chi connectivity index (χ0) is 16.8. The molecule has 2 N–H and O–H groups in total. The van der Waals surface area contributed by atoms with Crippen molar-refractivity contribution >= 4 is 0 Å². The summed E-state index contributed by atoms with van der Waals surface area (Å²) in [5, 5.41) is 13.7. The van der Waals surface area contributed by atoms with E-state index in [-0.39, 0.29) is 11.9 Å². The van der Waals surface area contributed by atoms with Crippen molar-refractivity contribution in [2.24, 2.45) is 0 Å². The van der Waals surface area contributed by atoms with Crippen molar-refractivity contribution < 1.29 is 19.0 Å². The SMILES string of the molecule is OC(Oc1ccc(F)cc1)N1CCNCC1COc1cccnc1. The van der Waals surface area contributed by atoms with Crippen LogP contribution < -0.4 is 14.8 Å². The van der Waals surface area contributed by atoms with Gasteiger partial charge in [-0.2, -0.15) is 0 Å². The minimum atomic E-state index is -1.12. The largest absolute Gasteiger partial charge is 0.490 e. The van der Waals surface area contributed by atoms with Crippen LogP contribution in [0.2, 0.25) is 0 Å². The fourth-order valence-corrected chi connectivity index (χ4v) is 2.55. The van der Waals surface area contributed by atoms with Gasteiger partial charge in [-0.1, -0.05) is 0 Å². The van der Waals surface area contributed by atoms with Gasteiger partial charge < -0.3 is 19.9 Å². The number of piperazine rings is 1. The predicted molar refractivity (Wildman–Crippen MR) is 86.1 cm³/mol. The van der Waals surface area contributed by atoms with Gasteiger partial charge in [0.15, 0.2) is 0 Å². The van der Waals surface area contributed by atoms with E-state index in [2.05, 4.69) is 10.3 Å². The molecule has 0 amide bonds. The first kappa shape index (κ1) is 16.6. The zero-order valence-corrected chi connectivity index (χ0v) is 13.1. The molecule has 1 aliphatic heterocycles. The summed E-state index contributed by atoms with van der Waals surface area (Å²) in [5.41, 5.74) is 0. The van der Waals surface area contributed by atoms with E-state index in [1.807, 2.05) is 11.0 Å². The smallest absolute Gasteiger partial charge is 0.260 e. The van der Waals surface area contributed by atoms with Gasteiger partial charge in [0.2, 0.25) is 0 Å². The first-order valence-corrected chi connectivity index (χ1v) is 7.82. The van der Waals surface area contributed by atoms with Gasteiger partial charge in [0.1, 0.15) is 23.9 Å². The Bertz CT molecular complexity index is 627. The van der Waals surface area contributed by atoms with E-state index in [4.69, 9.17) is 9.47 Å². The lowest BCUT2D eigenvalue weighted by atomic mass is 10.2. The van der Waals surface area contributed by atoms with Crippen molar-refractivity contribution in [3.63, 3.8) is 0 Å². The second kappa shape index (κ2) is 8.05. The number of hydrogen-bond donors (Lipinski definition) is 2. The van der Waals surface area contributed by atoms with E-state index in [0.717, 1.165) is 6.54 Å². The molecule has 0 radical (unpaired) electrons. The molecule has 2 heterocycles. The summed E-state index contributed by atoms with van der Waals surface area (Å²) in [6.07, 6.45) is 2.20. The number of nitrogens with zero attached hydrogens (tertiary/aromatic N) is 2. The Morgan fingerprint density at radius 2 is 2.12 bits per heavy atom. The molecule has 0 bridgehead atoms. The van der Waals surface area contributed by atoms with Crippen molar-refractivity contribution in [2.75, 3.05) is 26.2 Å². The Morgan fingerprint density at radius 1 is 1.29 bits per heavy atom. The number of aliphatic hydroxyl groups is 1. The van der Waals surface area contributed by atoms with Gasteiger partial charge in [-0.05, 0) is 36.4 Å². The lowest BCUT2D eigenvalue weighted by Crippen LogP contribution is -2.58. The molecule has 1 fully saturated rings.